The molecule has 0 aliphatic rings. The third kappa shape index (κ3) is 5.97. The predicted molar refractivity (Wildman–Crippen MR) is 145 cm³/mol. The van der Waals surface area contributed by atoms with Crippen LogP contribution in [0, 0.1) is 12.7 Å². The third-order valence-corrected chi connectivity index (χ3v) is 7.12. The lowest BCUT2D eigenvalue weighted by Gasteiger charge is -2.16. The van der Waals surface area contributed by atoms with E-state index in [0.29, 0.717) is 30.4 Å². The van der Waals surface area contributed by atoms with Crippen LogP contribution in [-0.2, 0) is 19.3 Å². The minimum atomic E-state index is -2.92. The van der Waals surface area contributed by atoms with Crippen LogP contribution in [0.2, 0.25) is 0 Å². The van der Waals surface area contributed by atoms with Gasteiger partial charge in [0.05, 0.1) is 11.7 Å². The third-order valence-electron chi connectivity index (χ3n) is 7.12. The molecule has 192 valence electrons. The molecule has 4 heteroatoms. The lowest BCUT2D eigenvalue weighted by molar-refractivity contribution is 0.147. The van der Waals surface area contributed by atoms with E-state index in [4.69, 9.17) is 0 Å². The van der Waals surface area contributed by atoms with Gasteiger partial charge >= 0.3 is 0 Å². The molecule has 1 unspecified atom stereocenters. The van der Waals surface area contributed by atoms with Crippen molar-refractivity contribution in [1.82, 2.24) is 0 Å². The fraction of sp³-hybridized carbons (Fsp3) is 0.273. The molecular formula is C33H33F3O. The zero-order valence-corrected chi connectivity index (χ0v) is 21.6. The van der Waals surface area contributed by atoms with E-state index in [9.17, 15) is 13.9 Å². The van der Waals surface area contributed by atoms with Crippen LogP contribution in [0.1, 0.15) is 66.2 Å². The maximum Gasteiger partial charge on any atom is 0.267 e. The summed E-state index contributed by atoms with van der Waals surface area (Å²) in [7, 11) is 0. The monoisotopic (exact) mass is 502 g/mol. The Bertz CT molecular complexity index is 1340. The van der Waals surface area contributed by atoms with E-state index in [1.54, 1.807) is 18.2 Å². The second-order valence-corrected chi connectivity index (χ2v) is 9.55. The molecule has 0 heterocycles. The maximum atomic E-state index is 15.4. The highest BCUT2D eigenvalue weighted by atomic mass is 19.3. The molecular weight excluding hydrogens is 469 g/mol. The molecule has 0 bridgehead atoms. The second-order valence-electron chi connectivity index (χ2n) is 9.55. The van der Waals surface area contributed by atoms with E-state index >= 15 is 4.39 Å². The number of aliphatic hydroxyl groups excluding tert-OH is 1. The Labute approximate surface area is 217 Å². The number of halogens is 3. The molecule has 0 spiro atoms. The van der Waals surface area contributed by atoms with Crippen LogP contribution in [-0.4, -0.2) is 5.11 Å². The number of aliphatic hydroxyl groups is 1. The predicted octanol–water partition coefficient (Wildman–Crippen LogP) is 9.20. The number of rotatable bonds is 9. The molecule has 0 radical (unpaired) electrons. The van der Waals surface area contributed by atoms with Crippen molar-refractivity contribution in [2.75, 3.05) is 0 Å². The summed E-state index contributed by atoms with van der Waals surface area (Å²) in [4.78, 5) is 0. The highest BCUT2D eigenvalue weighted by Gasteiger charge is 2.22. The molecule has 0 aliphatic carbocycles. The lowest BCUT2D eigenvalue weighted by Crippen LogP contribution is -2.03. The average Bonchev–Trinajstić information content (AvgIpc) is 2.92. The molecule has 0 aliphatic heterocycles. The first-order chi connectivity index (χ1) is 17.8. The Kier molecular flexibility index (Phi) is 8.50. The Hall–Kier alpha value is -3.37. The van der Waals surface area contributed by atoms with Gasteiger partial charge in [-0.2, -0.15) is 0 Å². The summed E-state index contributed by atoms with van der Waals surface area (Å²) in [5, 5.41) is 10.0. The van der Waals surface area contributed by atoms with Crippen molar-refractivity contribution < 1.29 is 18.3 Å². The van der Waals surface area contributed by atoms with Gasteiger partial charge in [-0.3, -0.25) is 0 Å². The number of hydrogen-bond donors (Lipinski definition) is 1. The molecule has 1 N–H and O–H groups in total. The molecule has 0 aromatic heterocycles. The quantitative estimate of drug-likeness (QED) is 0.242. The van der Waals surface area contributed by atoms with Crippen molar-refractivity contribution in [3.05, 3.63) is 118 Å². The van der Waals surface area contributed by atoms with E-state index in [1.807, 2.05) is 74.5 Å². The summed E-state index contributed by atoms with van der Waals surface area (Å²) < 4.78 is 43.6. The Morgan fingerprint density at radius 3 is 1.95 bits per heavy atom. The van der Waals surface area contributed by atoms with Crippen LogP contribution in [0.4, 0.5) is 13.2 Å². The topological polar surface area (TPSA) is 20.2 Å². The Balaban J connectivity index is 1.60. The van der Waals surface area contributed by atoms with Crippen LogP contribution in [0.3, 0.4) is 0 Å². The van der Waals surface area contributed by atoms with Gasteiger partial charge in [0, 0.05) is 0 Å². The summed E-state index contributed by atoms with van der Waals surface area (Å²) in [5.41, 5.74) is 6.54. The van der Waals surface area contributed by atoms with E-state index in [0.717, 1.165) is 34.2 Å². The van der Waals surface area contributed by atoms with Gasteiger partial charge in [0.2, 0.25) is 0 Å². The van der Waals surface area contributed by atoms with Gasteiger partial charge in [-0.1, -0.05) is 92.7 Å². The fourth-order valence-electron chi connectivity index (χ4n) is 4.79. The van der Waals surface area contributed by atoms with Crippen LogP contribution >= 0.6 is 0 Å². The molecule has 4 aromatic rings. The van der Waals surface area contributed by atoms with Gasteiger partial charge in [-0.25, -0.2) is 13.2 Å². The second kappa shape index (κ2) is 11.8. The zero-order valence-electron chi connectivity index (χ0n) is 21.6. The molecule has 1 atom stereocenters. The lowest BCUT2D eigenvalue weighted by atomic mass is 9.91. The van der Waals surface area contributed by atoms with Gasteiger partial charge < -0.3 is 5.11 Å². The molecule has 1 nitrogen and oxygen atoms in total. The number of aryl methyl sites for hydroxylation is 4. The summed E-state index contributed by atoms with van der Waals surface area (Å²) in [5.74, 6) is -0.815. The van der Waals surface area contributed by atoms with Gasteiger partial charge in [-0.05, 0) is 82.7 Å². The first kappa shape index (κ1) is 26.7. The van der Waals surface area contributed by atoms with Gasteiger partial charge in [0.15, 0.2) is 0 Å². The SMILES string of the molecule is CCc1ccc(CCc2ccc(-c3ccc(-c4ccc(C(O)CC)cc4)c(C)c3)c(C(F)F)c2F)cc1. The first-order valence-corrected chi connectivity index (χ1v) is 12.9. The maximum absolute atomic E-state index is 15.4. The molecule has 0 saturated heterocycles. The molecule has 4 aromatic carbocycles. The summed E-state index contributed by atoms with van der Waals surface area (Å²) >= 11 is 0. The van der Waals surface area contributed by atoms with Crippen molar-refractivity contribution in [3.8, 4) is 22.3 Å². The first-order valence-electron chi connectivity index (χ1n) is 12.9. The normalized spacial score (nSPS) is 12.2. The molecule has 4 rings (SSSR count). The van der Waals surface area contributed by atoms with E-state index in [2.05, 4.69) is 6.92 Å². The minimum absolute atomic E-state index is 0.222. The minimum Gasteiger partial charge on any atom is -0.388 e. The zero-order chi connectivity index (χ0) is 26.5. The van der Waals surface area contributed by atoms with Gasteiger partial charge in [0.25, 0.3) is 6.43 Å². The van der Waals surface area contributed by atoms with Crippen molar-refractivity contribution >= 4 is 0 Å². The van der Waals surface area contributed by atoms with Crippen LogP contribution in [0.15, 0.2) is 78.9 Å². The van der Waals surface area contributed by atoms with E-state index in [-0.39, 0.29) is 5.56 Å². The Morgan fingerprint density at radius 2 is 1.35 bits per heavy atom. The Morgan fingerprint density at radius 1 is 0.730 bits per heavy atom. The largest absolute Gasteiger partial charge is 0.388 e. The molecule has 0 amide bonds. The van der Waals surface area contributed by atoms with Crippen LogP contribution in [0.25, 0.3) is 22.3 Å². The number of alkyl halides is 2. The summed E-state index contributed by atoms with van der Waals surface area (Å²) in [6.07, 6.45) is -0.880. The van der Waals surface area contributed by atoms with E-state index < -0.39 is 23.9 Å². The van der Waals surface area contributed by atoms with Crippen molar-refractivity contribution in [2.45, 2.75) is 59.0 Å². The average molecular weight is 503 g/mol. The summed E-state index contributed by atoms with van der Waals surface area (Å²) in [6.45, 7) is 5.93. The summed E-state index contributed by atoms with van der Waals surface area (Å²) in [6, 6.07) is 24.6. The molecule has 0 fully saturated rings. The van der Waals surface area contributed by atoms with Crippen LogP contribution in [0.5, 0.6) is 0 Å². The number of hydrogen-bond acceptors (Lipinski definition) is 1. The highest BCUT2D eigenvalue weighted by molar-refractivity contribution is 5.75. The molecule has 37 heavy (non-hydrogen) atoms. The van der Waals surface area contributed by atoms with Crippen LogP contribution < -0.4 is 0 Å². The molecule has 0 saturated carbocycles. The van der Waals surface area contributed by atoms with Crippen molar-refractivity contribution in [1.29, 1.82) is 0 Å². The fourth-order valence-corrected chi connectivity index (χ4v) is 4.79. The standard InChI is InChI=1S/C33H33F3O/c1-4-22-6-8-23(9-7-22)10-11-26-16-19-29(31(32(26)34)33(35)36)27-17-18-28(21(3)20-27)24-12-14-25(15-13-24)30(37)5-2/h6-9,12-20,30,33,37H,4-5,10-11H2,1-3H3. The van der Waals surface area contributed by atoms with Crippen molar-refractivity contribution in [2.24, 2.45) is 0 Å². The van der Waals surface area contributed by atoms with E-state index in [1.165, 1.54) is 5.56 Å². The smallest absolute Gasteiger partial charge is 0.267 e. The van der Waals surface area contributed by atoms with Gasteiger partial charge in [0.1, 0.15) is 5.82 Å². The number of benzene rings is 4. The van der Waals surface area contributed by atoms with Gasteiger partial charge in [-0.15, -0.1) is 0 Å². The van der Waals surface area contributed by atoms with Crippen molar-refractivity contribution in [3.63, 3.8) is 0 Å². The highest BCUT2D eigenvalue weighted by Crippen LogP contribution is 2.37.